The molecule has 2 rings (SSSR count). The summed E-state index contributed by atoms with van der Waals surface area (Å²) < 4.78 is 0. The van der Waals surface area contributed by atoms with Gasteiger partial charge in [-0.05, 0) is 30.3 Å². The Balaban J connectivity index is 0.000000394. The van der Waals surface area contributed by atoms with Gasteiger partial charge in [-0.1, -0.05) is 27.4 Å². The van der Waals surface area contributed by atoms with E-state index in [-0.39, 0.29) is 0 Å². The van der Waals surface area contributed by atoms with Crippen molar-refractivity contribution in [2.45, 2.75) is 27.2 Å². The highest BCUT2D eigenvalue weighted by Crippen LogP contribution is 2.15. The summed E-state index contributed by atoms with van der Waals surface area (Å²) >= 11 is 0. The average Bonchev–Trinajstić information content (AvgIpc) is 2.75. The van der Waals surface area contributed by atoms with Crippen LogP contribution in [-0.2, 0) is 6.42 Å². The number of rotatable bonds is 1. The van der Waals surface area contributed by atoms with E-state index in [0.29, 0.717) is 0 Å². The van der Waals surface area contributed by atoms with Gasteiger partial charge in [0.05, 0.1) is 0 Å². The average molecular weight is 219 g/mol. The summed E-state index contributed by atoms with van der Waals surface area (Å²) in [7, 11) is 0. The van der Waals surface area contributed by atoms with Gasteiger partial charge in [0.1, 0.15) is 5.65 Å². The van der Waals surface area contributed by atoms with Crippen molar-refractivity contribution in [3.05, 3.63) is 42.9 Å². The Labute approximate surface area is 97.4 Å². The number of aryl methyl sites for hydroxylation is 1. The Morgan fingerprint density at radius 1 is 1.50 bits per heavy atom. The van der Waals surface area contributed by atoms with Crippen LogP contribution in [-0.4, -0.2) is 9.97 Å². The largest absolute Gasteiger partial charge is 0.405 e. The Morgan fingerprint density at radius 2 is 2.12 bits per heavy atom. The first-order valence-corrected chi connectivity index (χ1v) is 5.57. The highest BCUT2D eigenvalue weighted by atomic mass is 14.8. The van der Waals surface area contributed by atoms with Crippen LogP contribution in [0.3, 0.4) is 0 Å². The molecule has 0 spiro atoms. The summed E-state index contributed by atoms with van der Waals surface area (Å²) in [6, 6.07) is 4.06. The van der Waals surface area contributed by atoms with Crippen molar-refractivity contribution in [2.24, 2.45) is 5.73 Å². The van der Waals surface area contributed by atoms with Gasteiger partial charge in [0, 0.05) is 17.8 Å². The van der Waals surface area contributed by atoms with Crippen molar-refractivity contribution < 1.29 is 0 Å². The Kier molecular flexibility index (Phi) is 7.59. The molecule has 0 saturated heterocycles. The zero-order valence-electron chi connectivity index (χ0n) is 10.3. The fraction of sp³-hybridized carbons (Fsp3) is 0.308. The second kappa shape index (κ2) is 8.53. The van der Waals surface area contributed by atoms with Gasteiger partial charge in [-0.3, -0.25) is 0 Å². The lowest BCUT2D eigenvalue weighted by molar-refractivity contribution is 1.15. The maximum absolute atomic E-state index is 4.61. The third-order valence-electron chi connectivity index (χ3n) is 1.92. The summed E-state index contributed by atoms with van der Waals surface area (Å²) in [5.74, 6) is 0. The van der Waals surface area contributed by atoms with E-state index in [1.54, 1.807) is 6.20 Å². The molecule has 0 fully saturated rings. The van der Waals surface area contributed by atoms with Gasteiger partial charge in [-0.25, -0.2) is 4.98 Å². The van der Waals surface area contributed by atoms with E-state index in [2.05, 4.69) is 35.3 Å². The topological polar surface area (TPSA) is 54.7 Å². The lowest BCUT2D eigenvalue weighted by Crippen LogP contribution is -1.75. The van der Waals surface area contributed by atoms with Crippen molar-refractivity contribution in [1.82, 2.24) is 9.97 Å². The SMILES string of the molecule is C=CN.CC.CCc1c[nH]c2ncccc12. The zero-order chi connectivity index (χ0) is 12.4. The van der Waals surface area contributed by atoms with E-state index >= 15 is 0 Å². The monoisotopic (exact) mass is 219 g/mol. The second-order valence-electron chi connectivity index (χ2n) is 2.80. The number of aromatic amines is 1. The number of hydrogen-bond acceptors (Lipinski definition) is 2. The molecule has 0 unspecified atom stereocenters. The van der Waals surface area contributed by atoms with Crippen LogP contribution in [0.4, 0.5) is 0 Å². The molecule has 2 aromatic heterocycles. The van der Waals surface area contributed by atoms with Gasteiger partial charge >= 0.3 is 0 Å². The van der Waals surface area contributed by atoms with Crippen LogP contribution in [0.2, 0.25) is 0 Å². The molecule has 88 valence electrons. The molecular weight excluding hydrogens is 198 g/mol. The first-order chi connectivity index (χ1) is 7.83. The smallest absolute Gasteiger partial charge is 0.137 e. The van der Waals surface area contributed by atoms with Gasteiger partial charge in [-0.2, -0.15) is 0 Å². The molecule has 3 heteroatoms. The predicted molar refractivity (Wildman–Crippen MR) is 71.2 cm³/mol. The minimum Gasteiger partial charge on any atom is -0.405 e. The summed E-state index contributed by atoms with van der Waals surface area (Å²) in [6.07, 6.45) is 6.14. The molecule has 2 heterocycles. The van der Waals surface area contributed by atoms with Gasteiger partial charge in [-0.15, -0.1) is 0 Å². The van der Waals surface area contributed by atoms with Gasteiger partial charge in [0.15, 0.2) is 0 Å². The fourth-order valence-corrected chi connectivity index (χ4v) is 1.31. The van der Waals surface area contributed by atoms with E-state index in [4.69, 9.17) is 0 Å². The van der Waals surface area contributed by atoms with Crippen LogP contribution in [0, 0.1) is 0 Å². The summed E-state index contributed by atoms with van der Waals surface area (Å²) in [5.41, 5.74) is 6.94. The third kappa shape index (κ3) is 3.77. The summed E-state index contributed by atoms with van der Waals surface area (Å²) in [6.45, 7) is 9.29. The Morgan fingerprint density at radius 3 is 2.69 bits per heavy atom. The standard InChI is InChI=1S/C9H10N2.C2H5N.C2H6/c1-2-7-6-11-9-8(7)4-3-5-10-9;1-2-3;1-2/h3-6H,2H2,1H3,(H,10,11);2H,1,3H2;1-2H3. The number of nitrogens with zero attached hydrogens (tertiary/aromatic N) is 1. The minimum atomic E-state index is 0.990. The molecule has 16 heavy (non-hydrogen) atoms. The van der Waals surface area contributed by atoms with Crippen LogP contribution in [0.25, 0.3) is 11.0 Å². The van der Waals surface area contributed by atoms with Crippen LogP contribution < -0.4 is 5.73 Å². The van der Waals surface area contributed by atoms with Gasteiger partial charge in [0.25, 0.3) is 0 Å². The molecule has 3 N–H and O–H groups in total. The molecule has 0 aromatic carbocycles. The van der Waals surface area contributed by atoms with Crippen molar-refractivity contribution >= 4 is 11.0 Å². The number of hydrogen-bond donors (Lipinski definition) is 2. The molecule has 0 radical (unpaired) electrons. The quantitative estimate of drug-likeness (QED) is 0.773. The molecule has 0 saturated carbocycles. The van der Waals surface area contributed by atoms with Crippen molar-refractivity contribution in [3.63, 3.8) is 0 Å². The van der Waals surface area contributed by atoms with E-state index in [1.807, 2.05) is 26.1 Å². The van der Waals surface area contributed by atoms with E-state index in [1.165, 1.54) is 17.1 Å². The zero-order valence-corrected chi connectivity index (χ0v) is 10.3. The van der Waals surface area contributed by atoms with Gasteiger partial charge in [0.2, 0.25) is 0 Å². The molecule has 0 aliphatic carbocycles. The van der Waals surface area contributed by atoms with Crippen LogP contribution in [0.5, 0.6) is 0 Å². The molecule has 0 aliphatic rings. The molecule has 0 aliphatic heterocycles. The van der Waals surface area contributed by atoms with Crippen LogP contribution >= 0.6 is 0 Å². The lowest BCUT2D eigenvalue weighted by atomic mass is 10.2. The molecule has 3 nitrogen and oxygen atoms in total. The third-order valence-corrected chi connectivity index (χ3v) is 1.92. The maximum Gasteiger partial charge on any atom is 0.137 e. The Hall–Kier alpha value is -1.77. The number of nitrogens with one attached hydrogen (secondary N) is 1. The molecule has 2 aromatic rings. The number of nitrogens with two attached hydrogens (primary N) is 1. The summed E-state index contributed by atoms with van der Waals surface area (Å²) in [4.78, 5) is 7.32. The van der Waals surface area contributed by atoms with Gasteiger partial charge < -0.3 is 10.7 Å². The van der Waals surface area contributed by atoms with E-state index < -0.39 is 0 Å². The van der Waals surface area contributed by atoms with Crippen LogP contribution in [0.15, 0.2) is 37.3 Å². The van der Waals surface area contributed by atoms with Crippen LogP contribution in [0.1, 0.15) is 26.3 Å². The highest BCUT2D eigenvalue weighted by Gasteiger charge is 1.99. The Bertz CT molecular complexity index is 404. The van der Waals surface area contributed by atoms with E-state index in [9.17, 15) is 0 Å². The number of H-pyrrole nitrogens is 1. The second-order valence-corrected chi connectivity index (χ2v) is 2.80. The lowest BCUT2D eigenvalue weighted by Gasteiger charge is -1.89. The molecule has 0 amide bonds. The molecular formula is C13H21N3. The number of fused-ring (bicyclic) bond motifs is 1. The minimum absolute atomic E-state index is 0.990. The predicted octanol–water partition coefficient (Wildman–Crippen LogP) is 3.24. The maximum atomic E-state index is 4.61. The first-order valence-electron chi connectivity index (χ1n) is 5.57. The molecule has 0 atom stereocenters. The van der Waals surface area contributed by atoms with Crippen molar-refractivity contribution in [1.29, 1.82) is 0 Å². The first kappa shape index (κ1) is 14.2. The van der Waals surface area contributed by atoms with Crippen molar-refractivity contribution in [3.8, 4) is 0 Å². The molecule has 0 bridgehead atoms. The summed E-state index contributed by atoms with van der Waals surface area (Å²) in [5, 5.41) is 1.25. The van der Waals surface area contributed by atoms with Crippen molar-refractivity contribution in [2.75, 3.05) is 0 Å². The number of aromatic nitrogens is 2. The normalized spacial score (nSPS) is 8.44. The van der Waals surface area contributed by atoms with E-state index in [0.717, 1.165) is 12.1 Å². The highest BCUT2D eigenvalue weighted by molar-refractivity contribution is 5.79. The fourth-order valence-electron chi connectivity index (χ4n) is 1.31. The number of pyridine rings is 1.